The molecule has 0 bridgehead atoms. The molecule has 3 aromatic heterocycles. The molecule has 0 saturated heterocycles. The summed E-state index contributed by atoms with van der Waals surface area (Å²) in [6.07, 6.45) is 0.591. The van der Waals surface area contributed by atoms with Crippen molar-refractivity contribution in [3.63, 3.8) is 0 Å². The van der Waals surface area contributed by atoms with Crippen molar-refractivity contribution in [3.05, 3.63) is 43.9 Å². The molecule has 130 valence electrons. The van der Waals surface area contributed by atoms with Gasteiger partial charge in [0.05, 0.1) is 11.4 Å². The Bertz CT molecular complexity index is 1000. The first-order chi connectivity index (χ1) is 11.9. The van der Waals surface area contributed by atoms with E-state index in [-0.39, 0.29) is 17.4 Å². The van der Waals surface area contributed by atoms with Gasteiger partial charge in [-0.1, -0.05) is 11.4 Å². The van der Waals surface area contributed by atoms with Gasteiger partial charge in [-0.05, 0) is 38.7 Å². The van der Waals surface area contributed by atoms with Crippen LogP contribution >= 0.6 is 11.5 Å². The highest BCUT2D eigenvalue weighted by Gasteiger charge is 2.18. The zero-order chi connectivity index (χ0) is 18.1. The zero-order valence-electron chi connectivity index (χ0n) is 14.2. The summed E-state index contributed by atoms with van der Waals surface area (Å²) in [5.41, 5.74) is 2.28. The van der Waals surface area contributed by atoms with E-state index in [2.05, 4.69) is 30.0 Å². The molecule has 3 rings (SSSR count). The van der Waals surface area contributed by atoms with Crippen molar-refractivity contribution in [1.82, 2.24) is 29.3 Å². The fourth-order valence-electron chi connectivity index (χ4n) is 2.48. The second kappa shape index (κ2) is 6.55. The lowest BCUT2D eigenvalue weighted by Crippen LogP contribution is -2.21. The number of hydrogen-bond acceptors (Lipinski definition) is 7. The molecule has 9 nitrogen and oxygen atoms in total. The Balaban J connectivity index is 2.01. The van der Waals surface area contributed by atoms with E-state index >= 15 is 0 Å². The zero-order valence-corrected chi connectivity index (χ0v) is 15.1. The van der Waals surface area contributed by atoms with E-state index in [0.717, 1.165) is 11.5 Å². The van der Waals surface area contributed by atoms with Crippen molar-refractivity contribution in [1.29, 1.82) is 0 Å². The Morgan fingerprint density at radius 3 is 2.68 bits per heavy atom. The van der Waals surface area contributed by atoms with E-state index in [1.54, 1.807) is 26.8 Å². The van der Waals surface area contributed by atoms with Gasteiger partial charge < -0.3 is 5.32 Å². The largest absolute Gasteiger partial charge is 0.306 e. The van der Waals surface area contributed by atoms with Gasteiger partial charge >= 0.3 is 0 Å². The molecule has 25 heavy (non-hydrogen) atoms. The molecular formula is C15H17N7O2S. The molecule has 0 aliphatic rings. The number of carbonyl (C=O) groups is 1. The van der Waals surface area contributed by atoms with Crippen LogP contribution in [0.4, 0.5) is 5.82 Å². The number of aryl methyl sites for hydroxylation is 3. The van der Waals surface area contributed by atoms with Crippen LogP contribution in [-0.4, -0.2) is 35.2 Å². The molecule has 1 amide bonds. The fourth-order valence-corrected chi connectivity index (χ4v) is 3.03. The molecule has 0 saturated carbocycles. The highest BCUT2D eigenvalue weighted by molar-refractivity contribution is 7.08. The van der Waals surface area contributed by atoms with Crippen LogP contribution in [0.3, 0.4) is 0 Å². The number of amides is 1. The van der Waals surface area contributed by atoms with Gasteiger partial charge in [0.15, 0.2) is 0 Å². The molecule has 3 heterocycles. The number of H-pyrrole nitrogens is 1. The molecular weight excluding hydrogens is 342 g/mol. The van der Waals surface area contributed by atoms with Crippen molar-refractivity contribution in [2.45, 2.75) is 34.1 Å². The number of nitrogens with one attached hydrogen (secondary N) is 2. The van der Waals surface area contributed by atoms with E-state index in [1.807, 2.05) is 6.92 Å². The molecule has 0 aromatic carbocycles. The van der Waals surface area contributed by atoms with E-state index in [1.165, 1.54) is 4.68 Å². The standard InChI is InChI=1S/C15H17N7O2S/c1-5-10-8(3)16-15(18-13(10)23)22-11(6-7(2)20-22)17-14(24)12-9(4)19-21-25-12/h6H,5H2,1-4H3,(H,17,24)(H,16,18,23). The van der Waals surface area contributed by atoms with Gasteiger partial charge in [-0.25, -0.2) is 4.98 Å². The summed E-state index contributed by atoms with van der Waals surface area (Å²) >= 11 is 1.02. The van der Waals surface area contributed by atoms with Gasteiger partial charge in [0.2, 0.25) is 5.95 Å². The lowest BCUT2D eigenvalue weighted by Gasteiger charge is -2.09. The van der Waals surface area contributed by atoms with Crippen LogP contribution < -0.4 is 10.9 Å². The van der Waals surface area contributed by atoms with Crippen LogP contribution in [0.2, 0.25) is 0 Å². The van der Waals surface area contributed by atoms with Gasteiger partial charge in [-0.15, -0.1) is 5.10 Å². The number of anilines is 1. The van der Waals surface area contributed by atoms with Crippen molar-refractivity contribution < 1.29 is 4.79 Å². The quantitative estimate of drug-likeness (QED) is 0.729. The highest BCUT2D eigenvalue weighted by atomic mass is 32.1. The molecule has 10 heteroatoms. The maximum absolute atomic E-state index is 12.4. The molecule has 0 radical (unpaired) electrons. The van der Waals surface area contributed by atoms with Crippen molar-refractivity contribution in [2.75, 3.05) is 5.32 Å². The maximum Gasteiger partial charge on any atom is 0.270 e. The highest BCUT2D eigenvalue weighted by Crippen LogP contribution is 2.17. The van der Waals surface area contributed by atoms with Crippen LogP contribution in [0.15, 0.2) is 10.9 Å². The average Bonchev–Trinajstić information content (AvgIpc) is 3.12. The van der Waals surface area contributed by atoms with Crippen LogP contribution in [0.25, 0.3) is 5.95 Å². The van der Waals surface area contributed by atoms with Gasteiger partial charge in [-0.2, -0.15) is 9.78 Å². The maximum atomic E-state index is 12.4. The molecule has 0 spiro atoms. The predicted octanol–water partition coefficient (Wildman–Crippen LogP) is 1.55. The van der Waals surface area contributed by atoms with Crippen LogP contribution in [-0.2, 0) is 6.42 Å². The third-order valence-corrected chi connectivity index (χ3v) is 4.52. The minimum Gasteiger partial charge on any atom is -0.306 e. The molecule has 0 fully saturated rings. The number of carbonyl (C=O) groups excluding carboxylic acids is 1. The third-order valence-electron chi connectivity index (χ3n) is 3.69. The molecule has 0 aliphatic carbocycles. The predicted molar refractivity (Wildman–Crippen MR) is 93.4 cm³/mol. The monoisotopic (exact) mass is 359 g/mol. The summed E-state index contributed by atoms with van der Waals surface area (Å²) in [4.78, 5) is 32.2. The minimum absolute atomic E-state index is 0.210. The minimum atomic E-state index is -0.335. The topological polar surface area (TPSA) is 118 Å². The number of aromatic amines is 1. The first-order valence-corrected chi connectivity index (χ1v) is 8.45. The second-order valence-corrected chi connectivity index (χ2v) is 6.29. The Morgan fingerprint density at radius 1 is 1.32 bits per heavy atom. The summed E-state index contributed by atoms with van der Waals surface area (Å²) in [5.74, 6) is 0.322. The van der Waals surface area contributed by atoms with Crippen molar-refractivity contribution in [2.24, 2.45) is 0 Å². The van der Waals surface area contributed by atoms with Gasteiger partial charge in [-0.3, -0.25) is 14.6 Å². The van der Waals surface area contributed by atoms with Gasteiger partial charge in [0.1, 0.15) is 10.7 Å². The smallest absolute Gasteiger partial charge is 0.270 e. The van der Waals surface area contributed by atoms with Crippen LogP contribution in [0, 0.1) is 20.8 Å². The normalized spacial score (nSPS) is 10.9. The number of hydrogen-bond donors (Lipinski definition) is 2. The molecule has 0 unspecified atom stereocenters. The van der Waals surface area contributed by atoms with Gasteiger partial charge in [0.25, 0.3) is 11.5 Å². The fraction of sp³-hybridized carbons (Fsp3) is 0.333. The summed E-state index contributed by atoms with van der Waals surface area (Å²) in [6.45, 7) is 7.18. The lowest BCUT2D eigenvalue weighted by atomic mass is 10.2. The van der Waals surface area contributed by atoms with E-state index in [4.69, 9.17) is 0 Å². The third kappa shape index (κ3) is 3.20. The second-order valence-electron chi connectivity index (χ2n) is 5.53. The SMILES string of the molecule is CCc1c(C)nc(-n2nc(C)cc2NC(=O)c2snnc2C)[nH]c1=O. The summed E-state index contributed by atoms with van der Waals surface area (Å²) in [7, 11) is 0. The Labute approximate surface area is 147 Å². The molecule has 2 N–H and O–H groups in total. The summed E-state index contributed by atoms with van der Waals surface area (Å²) in [5, 5.41) is 10.9. The summed E-state index contributed by atoms with van der Waals surface area (Å²) < 4.78 is 5.17. The average molecular weight is 359 g/mol. The summed E-state index contributed by atoms with van der Waals surface area (Å²) in [6, 6.07) is 1.70. The van der Waals surface area contributed by atoms with E-state index < -0.39 is 0 Å². The number of nitrogens with zero attached hydrogens (tertiary/aromatic N) is 5. The van der Waals surface area contributed by atoms with Crippen molar-refractivity contribution >= 4 is 23.3 Å². The van der Waals surface area contributed by atoms with Crippen molar-refractivity contribution in [3.8, 4) is 5.95 Å². The first-order valence-electron chi connectivity index (χ1n) is 7.67. The molecule has 3 aromatic rings. The van der Waals surface area contributed by atoms with E-state index in [9.17, 15) is 9.59 Å². The molecule has 0 aliphatic heterocycles. The number of rotatable bonds is 4. The number of aromatic nitrogens is 6. The Morgan fingerprint density at radius 2 is 2.08 bits per heavy atom. The van der Waals surface area contributed by atoms with Crippen LogP contribution in [0.5, 0.6) is 0 Å². The first kappa shape index (κ1) is 17.0. The Kier molecular flexibility index (Phi) is 4.45. The lowest BCUT2D eigenvalue weighted by molar-refractivity contribution is 0.102. The van der Waals surface area contributed by atoms with Crippen LogP contribution in [0.1, 0.15) is 39.2 Å². The van der Waals surface area contributed by atoms with Gasteiger partial charge in [0, 0.05) is 17.3 Å². The molecule has 0 atom stereocenters. The Hall–Kier alpha value is -2.88. The van der Waals surface area contributed by atoms with E-state index in [0.29, 0.717) is 39.8 Å².